The molecule has 1 amide bonds. The summed E-state index contributed by atoms with van der Waals surface area (Å²) in [6.45, 7) is 4.67. The van der Waals surface area contributed by atoms with Gasteiger partial charge < -0.3 is 10.6 Å². The molecule has 0 unspecified atom stereocenters. The molecule has 5 heteroatoms. The molecule has 0 radical (unpaired) electrons. The van der Waals surface area contributed by atoms with Crippen molar-refractivity contribution in [3.63, 3.8) is 0 Å². The summed E-state index contributed by atoms with van der Waals surface area (Å²) in [6.07, 6.45) is 0.383. The number of carbonyl (C=O) groups is 1. The Labute approximate surface area is 112 Å². The number of nitrogens with zero attached hydrogens (tertiary/aromatic N) is 1. The minimum absolute atomic E-state index is 0.102. The molecule has 0 aromatic heterocycles. The van der Waals surface area contributed by atoms with E-state index in [9.17, 15) is 4.79 Å². The van der Waals surface area contributed by atoms with Crippen molar-refractivity contribution in [2.24, 2.45) is 0 Å². The molecule has 0 aliphatic rings. The predicted molar refractivity (Wildman–Crippen MR) is 72.6 cm³/mol. The number of halogens is 1. The minimum atomic E-state index is -0.102. The molecule has 18 heavy (non-hydrogen) atoms. The van der Waals surface area contributed by atoms with Crippen molar-refractivity contribution < 1.29 is 4.79 Å². The third kappa shape index (κ3) is 4.74. The monoisotopic (exact) mass is 265 g/mol. The minimum Gasteiger partial charge on any atom is -0.325 e. The third-order valence-electron chi connectivity index (χ3n) is 2.28. The Hall–Kier alpha value is -1.57. The maximum atomic E-state index is 11.6. The van der Waals surface area contributed by atoms with Gasteiger partial charge in [-0.25, -0.2) is 0 Å². The summed E-state index contributed by atoms with van der Waals surface area (Å²) in [7, 11) is 0. The van der Waals surface area contributed by atoms with Crippen molar-refractivity contribution in [2.75, 3.05) is 11.9 Å². The summed E-state index contributed by atoms with van der Waals surface area (Å²) >= 11 is 5.96. The van der Waals surface area contributed by atoms with Crippen LogP contribution in [0.4, 0.5) is 5.69 Å². The van der Waals surface area contributed by atoms with Gasteiger partial charge in [0, 0.05) is 19.0 Å². The summed E-state index contributed by atoms with van der Waals surface area (Å²) in [5, 5.41) is 14.9. The van der Waals surface area contributed by atoms with Crippen molar-refractivity contribution in [2.45, 2.75) is 26.3 Å². The van der Waals surface area contributed by atoms with E-state index in [1.165, 1.54) is 6.07 Å². The van der Waals surface area contributed by atoms with Crippen molar-refractivity contribution in [1.29, 1.82) is 5.26 Å². The van der Waals surface area contributed by atoms with Gasteiger partial charge in [-0.2, -0.15) is 5.26 Å². The lowest BCUT2D eigenvalue weighted by Gasteiger charge is -2.09. The highest BCUT2D eigenvalue weighted by Crippen LogP contribution is 2.22. The Morgan fingerprint density at radius 3 is 2.78 bits per heavy atom. The van der Waals surface area contributed by atoms with Crippen LogP contribution >= 0.6 is 11.6 Å². The smallest absolute Gasteiger partial charge is 0.225 e. The van der Waals surface area contributed by atoms with Crippen molar-refractivity contribution in [1.82, 2.24) is 5.32 Å². The zero-order valence-electron chi connectivity index (χ0n) is 10.5. The normalized spacial score (nSPS) is 10.2. The first-order valence-corrected chi connectivity index (χ1v) is 6.13. The summed E-state index contributed by atoms with van der Waals surface area (Å²) in [4.78, 5) is 11.6. The number of nitriles is 1. The van der Waals surface area contributed by atoms with Gasteiger partial charge in [0.1, 0.15) is 0 Å². The van der Waals surface area contributed by atoms with Gasteiger partial charge in [0.25, 0.3) is 0 Å². The number of anilines is 1. The Morgan fingerprint density at radius 1 is 1.50 bits per heavy atom. The standard InChI is InChI=1S/C13H16ClN3O/c1-9(2)16-6-5-13(18)17-12-4-3-10(8-15)7-11(12)14/h3-4,7,9,16H,5-6H2,1-2H3,(H,17,18). The van der Waals surface area contributed by atoms with E-state index in [2.05, 4.69) is 10.6 Å². The lowest BCUT2D eigenvalue weighted by molar-refractivity contribution is -0.116. The molecule has 0 atom stereocenters. The van der Waals surface area contributed by atoms with Crippen LogP contribution in [0.3, 0.4) is 0 Å². The van der Waals surface area contributed by atoms with E-state index < -0.39 is 0 Å². The maximum Gasteiger partial charge on any atom is 0.225 e. The Bertz CT molecular complexity index is 466. The molecule has 0 aliphatic heterocycles. The van der Waals surface area contributed by atoms with Crippen molar-refractivity contribution in [3.05, 3.63) is 28.8 Å². The van der Waals surface area contributed by atoms with Crippen molar-refractivity contribution in [3.8, 4) is 6.07 Å². The number of amides is 1. The quantitative estimate of drug-likeness (QED) is 0.860. The zero-order valence-corrected chi connectivity index (χ0v) is 11.2. The van der Waals surface area contributed by atoms with E-state index in [0.29, 0.717) is 35.3 Å². The van der Waals surface area contributed by atoms with Crippen molar-refractivity contribution >= 4 is 23.2 Å². The molecule has 96 valence electrons. The van der Waals surface area contributed by atoms with Gasteiger partial charge in [0.05, 0.1) is 22.3 Å². The van der Waals surface area contributed by atoms with Gasteiger partial charge in [-0.1, -0.05) is 25.4 Å². The molecule has 0 saturated carbocycles. The maximum absolute atomic E-state index is 11.6. The zero-order chi connectivity index (χ0) is 13.5. The summed E-state index contributed by atoms with van der Waals surface area (Å²) in [5.74, 6) is -0.102. The molecule has 0 aliphatic carbocycles. The second-order valence-corrected chi connectivity index (χ2v) is 4.62. The van der Waals surface area contributed by atoms with Gasteiger partial charge in [0.15, 0.2) is 0 Å². The van der Waals surface area contributed by atoms with E-state index in [0.717, 1.165) is 0 Å². The van der Waals surface area contributed by atoms with Crippen LogP contribution in [0.15, 0.2) is 18.2 Å². The molecule has 2 N–H and O–H groups in total. The van der Waals surface area contributed by atoms with E-state index in [1.807, 2.05) is 19.9 Å². The molecule has 1 aromatic carbocycles. The number of rotatable bonds is 5. The SMILES string of the molecule is CC(C)NCCC(=O)Nc1ccc(C#N)cc1Cl. The average molecular weight is 266 g/mol. The Balaban J connectivity index is 2.52. The number of nitrogens with one attached hydrogen (secondary N) is 2. The molecule has 1 aromatic rings. The van der Waals surface area contributed by atoms with E-state index in [4.69, 9.17) is 16.9 Å². The fraction of sp³-hybridized carbons (Fsp3) is 0.385. The fourth-order valence-corrected chi connectivity index (χ4v) is 1.60. The number of hydrogen-bond donors (Lipinski definition) is 2. The largest absolute Gasteiger partial charge is 0.325 e. The lowest BCUT2D eigenvalue weighted by atomic mass is 10.2. The van der Waals surface area contributed by atoms with Gasteiger partial charge >= 0.3 is 0 Å². The molecule has 0 fully saturated rings. The first-order valence-electron chi connectivity index (χ1n) is 5.76. The van der Waals surface area contributed by atoms with Gasteiger partial charge in [-0.15, -0.1) is 0 Å². The van der Waals surface area contributed by atoms with Gasteiger partial charge in [0.2, 0.25) is 5.91 Å². The first-order chi connectivity index (χ1) is 8.52. The van der Waals surface area contributed by atoms with Crippen LogP contribution in [0.2, 0.25) is 5.02 Å². The number of benzene rings is 1. The second-order valence-electron chi connectivity index (χ2n) is 4.21. The molecule has 4 nitrogen and oxygen atoms in total. The predicted octanol–water partition coefficient (Wildman–Crippen LogP) is 2.54. The topological polar surface area (TPSA) is 64.9 Å². The highest BCUT2D eigenvalue weighted by atomic mass is 35.5. The molecule has 0 heterocycles. The molecular weight excluding hydrogens is 250 g/mol. The van der Waals surface area contributed by atoms with Crippen LogP contribution in [0.5, 0.6) is 0 Å². The van der Waals surface area contributed by atoms with E-state index in [-0.39, 0.29) is 5.91 Å². The molecule has 0 saturated heterocycles. The highest BCUT2D eigenvalue weighted by Gasteiger charge is 2.06. The molecular formula is C13H16ClN3O. The molecule has 0 spiro atoms. The van der Waals surface area contributed by atoms with E-state index in [1.54, 1.807) is 12.1 Å². The summed E-state index contributed by atoms with van der Waals surface area (Å²) in [5.41, 5.74) is 1.00. The second kappa shape index (κ2) is 7.00. The summed E-state index contributed by atoms with van der Waals surface area (Å²) in [6, 6.07) is 7.13. The Morgan fingerprint density at radius 2 is 2.22 bits per heavy atom. The van der Waals surface area contributed by atoms with Gasteiger partial charge in [-0.05, 0) is 18.2 Å². The fourth-order valence-electron chi connectivity index (χ4n) is 1.37. The van der Waals surface area contributed by atoms with Crippen LogP contribution in [0, 0.1) is 11.3 Å². The number of hydrogen-bond acceptors (Lipinski definition) is 3. The third-order valence-corrected chi connectivity index (χ3v) is 2.59. The van der Waals surface area contributed by atoms with E-state index >= 15 is 0 Å². The van der Waals surface area contributed by atoms with Crippen LogP contribution in [0.1, 0.15) is 25.8 Å². The lowest BCUT2D eigenvalue weighted by Crippen LogP contribution is -2.27. The highest BCUT2D eigenvalue weighted by molar-refractivity contribution is 6.33. The van der Waals surface area contributed by atoms with Crippen LogP contribution in [0.25, 0.3) is 0 Å². The Kier molecular flexibility index (Phi) is 5.63. The van der Waals surface area contributed by atoms with Crippen LogP contribution in [-0.2, 0) is 4.79 Å². The average Bonchev–Trinajstić information content (AvgIpc) is 2.31. The molecule has 0 bridgehead atoms. The first kappa shape index (κ1) is 14.5. The van der Waals surface area contributed by atoms with Crippen LogP contribution in [-0.4, -0.2) is 18.5 Å². The molecule has 1 rings (SSSR count). The van der Waals surface area contributed by atoms with Crippen LogP contribution < -0.4 is 10.6 Å². The van der Waals surface area contributed by atoms with Gasteiger partial charge in [-0.3, -0.25) is 4.79 Å². The summed E-state index contributed by atoms with van der Waals surface area (Å²) < 4.78 is 0. The number of carbonyl (C=O) groups excluding carboxylic acids is 1.